The Hall–Kier alpha value is -3.56. The van der Waals surface area contributed by atoms with Crippen LogP contribution >= 0.6 is 0 Å². The summed E-state index contributed by atoms with van der Waals surface area (Å²) in [4.78, 5) is 58.4. The Labute approximate surface area is 191 Å². The van der Waals surface area contributed by atoms with E-state index in [0.29, 0.717) is 61.4 Å². The highest BCUT2D eigenvalue weighted by Crippen LogP contribution is 2.24. The zero-order chi connectivity index (χ0) is 24.0. The molecule has 0 saturated heterocycles. The predicted molar refractivity (Wildman–Crippen MR) is 123 cm³/mol. The van der Waals surface area contributed by atoms with Crippen LogP contribution in [0.15, 0.2) is 32.9 Å². The molecule has 1 aliphatic rings. The van der Waals surface area contributed by atoms with Crippen molar-refractivity contribution in [2.75, 3.05) is 13.7 Å². The van der Waals surface area contributed by atoms with Crippen LogP contribution in [-0.4, -0.2) is 45.4 Å². The summed E-state index contributed by atoms with van der Waals surface area (Å²) in [6.07, 6.45) is 4.82. The molecule has 10 heteroatoms. The van der Waals surface area contributed by atoms with Gasteiger partial charge >= 0.3 is 11.7 Å². The standard InChI is InChI=1S/C23H29N5O5/c1-4-11-27-20-16(22(31)28(12-5-2)23(27)32)7-6-8-17(26-20)15-9-10-18(24-13-15)21(30)25-14-19(29)33-3/h9-10,13H,4-8,11-12,14H2,1-3H3,(H,25,30). The van der Waals surface area contributed by atoms with Crippen molar-refractivity contribution < 1.29 is 14.3 Å². The Morgan fingerprint density at radius 2 is 1.82 bits per heavy atom. The zero-order valence-electron chi connectivity index (χ0n) is 19.2. The smallest absolute Gasteiger partial charge is 0.332 e. The number of nitrogens with one attached hydrogen (secondary N) is 1. The molecule has 1 N–H and O–H groups in total. The van der Waals surface area contributed by atoms with E-state index >= 15 is 0 Å². The van der Waals surface area contributed by atoms with E-state index in [1.165, 1.54) is 17.9 Å². The van der Waals surface area contributed by atoms with E-state index < -0.39 is 11.9 Å². The van der Waals surface area contributed by atoms with E-state index in [-0.39, 0.29) is 23.5 Å². The third-order valence-corrected chi connectivity index (χ3v) is 5.42. The minimum absolute atomic E-state index is 0.155. The van der Waals surface area contributed by atoms with Gasteiger partial charge in [0.1, 0.15) is 18.1 Å². The minimum atomic E-state index is -0.553. The van der Waals surface area contributed by atoms with Crippen molar-refractivity contribution in [3.8, 4) is 0 Å². The fourth-order valence-corrected chi connectivity index (χ4v) is 3.78. The topological polar surface area (TPSA) is 125 Å². The number of hydrogen-bond donors (Lipinski definition) is 1. The largest absolute Gasteiger partial charge is 0.468 e. The Morgan fingerprint density at radius 3 is 2.45 bits per heavy atom. The van der Waals surface area contributed by atoms with E-state index in [2.05, 4.69) is 15.0 Å². The van der Waals surface area contributed by atoms with Gasteiger partial charge in [-0.05, 0) is 44.2 Å². The highest BCUT2D eigenvalue weighted by Gasteiger charge is 2.22. The summed E-state index contributed by atoms with van der Waals surface area (Å²) in [5, 5.41) is 2.44. The molecular formula is C23H29N5O5. The summed E-state index contributed by atoms with van der Waals surface area (Å²) in [6.45, 7) is 4.52. The molecule has 0 spiro atoms. The zero-order valence-corrected chi connectivity index (χ0v) is 19.2. The first-order valence-corrected chi connectivity index (χ1v) is 11.2. The number of esters is 1. The second-order valence-electron chi connectivity index (χ2n) is 7.80. The number of aromatic nitrogens is 3. The number of carbonyl (C=O) groups excluding carboxylic acids is 2. The third kappa shape index (κ3) is 5.27. The van der Waals surface area contributed by atoms with E-state index in [9.17, 15) is 19.2 Å². The van der Waals surface area contributed by atoms with Crippen LogP contribution in [0, 0.1) is 0 Å². The maximum atomic E-state index is 13.0. The summed E-state index contributed by atoms with van der Waals surface area (Å²) < 4.78 is 7.42. The lowest BCUT2D eigenvalue weighted by Gasteiger charge is -2.15. The van der Waals surface area contributed by atoms with Gasteiger partial charge in [0.2, 0.25) is 0 Å². The quantitative estimate of drug-likeness (QED) is 0.603. The van der Waals surface area contributed by atoms with E-state index in [1.807, 2.05) is 13.8 Å². The molecule has 0 aliphatic carbocycles. The van der Waals surface area contributed by atoms with Gasteiger partial charge in [0, 0.05) is 24.8 Å². The number of rotatable bonds is 8. The Balaban J connectivity index is 1.98. The van der Waals surface area contributed by atoms with Crippen molar-refractivity contribution in [3.63, 3.8) is 0 Å². The highest BCUT2D eigenvalue weighted by molar-refractivity contribution is 6.02. The van der Waals surface area contributed by atoms with Gasteiger partial charge in [0.25, 0.3) is 11.5 Å². The molecular weight excluding hydrogens is 426 g/mol. The number of pyridine rings is 1. The molecule has 0 bridgehead atoms. The number of amides is 1. The van der Waals surface area contributed by atoms with Crippen molar-refractivity contribution in [1.29, 1.82) is 0 Å². The minimum Gasteiger partial charge on any atom is -0.468 e. The molecule has 0 atom stereocenters. The maximum absolute atomic E-state index is 13.0. The second kappa shape index (κ2) is 10.8. The van der Waals surface area contributed by atoms with Gasteiger partial charge in [-0.3, -0.25) is 28.5 Å². The number of hydrogen-bond acceptors (Lipinski definition) is 7. The van der Waals surface area contributed by atoms with Crippen LogP contribution in [0.1, 0.15) is 61.1 Å². The first-order chi connectivity index (χ1) is 15.9. The third-order valence-electron chi connectivity index (χ3n) is 5.42. The molecule has 33 heavy (non-hydrogen) atoms. The van der Waals surface area contributed by atoms with Crippen LogP contribution in [0.25, 0.3) is 0 Å². The molecule has 3 rings (SSSR count). The summed E-state index contributed by atoms with van der Waals surface area (Å²) in [6, 6.07) is 3.28. The Bertz CT molecular complexity index is 1180. The van der Waals surface area contributed by atoms with E-state index in [4.69, 9.17) is 4.99 Å². The molecule has 0 aromatic carbocycles. The average Bonchev–Trinajstić information content (AvgIpc) is 3.06. The van der Waals surface area contributed by atoms with Crippen LogP contribution in [-0.2, 0) is 29.0 Å². The number of methoxy groups -OCH3 is 1. The van der Waals surface area contributed by atoms with Gasteiger partial charge in [-0.15, -0.1) is 0 Å². The van der Waals surface area contributed by atoms with E-state index in [1.54, 1.807) is 16.7 Å². The van der Waals surface area contributed by atoms with Gasteiger partial charge in [-0.2, -0.15) is 0 Å². The average molecular weight is 456 g/mol. The van der Waals surface area contributed by atoms with Crippen molar-refractivity contribution in [1.82, 2.24) is 19.4 Å². The molecule has 0 unspecified atom stereocenters. The van der Waals surface area contributed by atoms with Gasteiger partial charge < -0.3 is 10.1 Å². The monoisotopic (exact) mass is 455 g/mol. The fraction of sp³-hybridized carbons (Fsp3) is 0.478. The van der Waals surface area contributed by atoms with Crippen LogP contribution in [0.5, 0.6) is 0 Å². The molecule has 10 nitrogen and oxygen atoms in total. The first kappa shape index (κ1) is 24.1. The number of nitrogens with zero attached hydrogens (tertiary/aromatic N) is 4. The van der Waals surface area contributed by atoms with Crippen LogP contribution in [0.2, 0.25) is 0 Å². The first-order valence-electron chi connectivity index (χ1n) is 11.2. The molecule has 2 aromatic heterocycles. The lowest BCUT2D eigenvalue weighted by molar-refractivity contribution is -0.139. The van der Waals surface area contributed by atoms with Crippen molar-refractivity contribution in [2.45, 2.75) is 59.0 Å². The number of fused-ring (bicyclic) bond motifs is 1. The summed E-state index contributed by atoms with van der Waals surface area (Å²) in [7, 11) is 1.24. The van der Waals surface area contributed by atoms with Crippen molar-refractivity contribution in [2.24, 2.45) is 4.99 Å². The van der Waals surface area contributed by atoms with Gasteiger partial charge in [-0.25, -0.2) is 9.79 Å². The molecule has 0 saturated carbocycles. The van der Waals surface area contributed by atoms with Crippen molar-refractivity contribution in [3.05, 3.63) is 56.0 Å². The lowest BCUT2D eigenvalue weighted by atomic mass is 10.1. The van der Waals surface area contributed by atoms with Crippen LogP contribution < -0.4 is 16.6 Å². The van der Waals surface area contributed by atoms with Crippen LogP contribution in [0.3, 0.4) is 0 Å². The summed E-state index contributed by atoms with van der Waals surface area (Å²) in [5.74, 6) is -0.623. The Kier molecular flexibility index (Phi) is 7.92. The van der Waals surface area contributed by atoms with Gasteiger partial charge in [0.05, 0.1) is 18.4 Å². The van der Waals surface area contributed by atoms with Gasteiger partial charge in [0.15, 0.2) is 0 Å². The van der Waals surface area contributed by atoms with E-state index in [0.717, 1.165) is 6.42 Å². The highest BCUT2D eigenvalue weighted by atomic mass is 16.5. The molecule has 3 heterocycles. The number of ether oxygens (including phenoxy) is 1. The molecule has 0 radical (unpaired) electrons. The maximum Gasteiger partial charge on any atom is 0.332 e. The second-order valence-corrected chi connectivity index (χ2v) is 7.80. The normalized spacial score (nSPS) is 13.0. The number of carbonyl (C=O) groups is 2. The molecule has 2 aromatic rings. The molecule has 1 amide bonds. The Morgan fingerprint density at radius 1 is 1.09 bits per heavy atom. The van der Waals surface area contributed by atoms with Crippen molar-refractivity contribution >= 4 is 23.4 Å². The lowest BCUT2D eigenvalue weighted by Crippen LogP contribution is -2.41. The van der Waals surface area contributed by atoms with Gasteiger partial charge in [-0.1, -0.05) is 13.8 Å². The molecule has 1 aliphatic heterocycles. The fourth-order valence-electron chi connectivity index (χ4n) is 3.78. The predicted octanol–water partition coefficient (Wildman–Crippen LogP) is 1.58. The van der Waals surface area contributed by atoms with Crippen LogP contribution in [0.4, 0.5) is 5.82 Å². The molecule has 176 valence electrons. The summed E-state index contributed by atoms with van der Waals surface area (Å²) >= 11 is 0. The number of aliphatic imine (C=N–C) groups is 1. The molecule has 0 fully saturated rings. The summed E-state index contributed by atoms with van der Waals surface area (Å²) in [5.41, 5.74) is 1.55. The SMILES string of the molecule is CCCn1c2c(c(=O)n(CCC)c1=O)CCCC(c1ccc(C(=O)NCC(=O)OC)nc1)=N2.